The predicted octanol–water partition coefficient (Wildman–Crippen LogP) is 2.27. The number of hydrogen-bond donors (Lipinski definition) is 2. The lowest BCUT2D eigenvalue weighted by atomic mass is 10.1. The fourth-order valence-corrected chi connectivity index (χ4v) is 3.59. The van der Waals surface area contributed by atoms with Crippen LogP contribution in [0.5, 0.6) is 0 Å². The standard InChI is InChI=1S/C17H21NO3S/c19-13-11-17(16-9-5-2-6-10-16)18-22(20,21)14-12-15-7-3-1-4-8-15/h1-10,17-19H,11-14H2/t17-/m1/s1. The van der Waals surface area contributed by atoms with E-state index in [1.165, 1.54) is 0 Å². The van der Waals surface area contributed by atoms with Crippen molar-refractivity contribution in [2.45, 2.75) is 18.9 Å². The van der Waals surface area contributed by atoms with Crippen LogP contribution in [0.4, 0.5) is 0 Å². The number of aliphatic hydroxyl groups is 1. The Labute approximate surface area is 131 Å². The number of aliphatic hydroxyl groups excluding tert-OH is 1. The van der Waals surface area contributed by atoms with Crippen LogP contribution in [0.3, 0.4) is 0 Å². The summed E-state index contributed by atoms with van der Waals surface area (Å²) in [4.78, 5) is 0. The van der Waals surface area contributed by atoms with Crippen LogP contribution in [0.1, 0.15) is 23.6 Å². The van der Waals surface area contributed by atoms with Gasteiger partial charge in [-0.3, -0.25) is 0 Å². The number of nitrogens with one attached hydrogen (secondary N) is 1. The Bertz CT molecular complexity index is 657. The van der Waals surface area contributed by atoms with Crippen molar-refractivity contribution in [3.63, 3.8) is 0 Å². The number of rotatable bonds is 8. The summed E-state index contributed by atoms with van der Waals surface area (Å²) in [5.41, 5.74) is 1.85. The summed E-state index contributed by atoms with van der Waals surface area (Å²) in [6.07, 6.45) is 0.825. The van der Waals surface area contributed by atoms with Gasteiger partial charge in [0.05, 0.1) is 5.75 Å². The van der Waals surface area contributed by atoms with E-state index in [2.05, 4.69) is 4.72 Å². The molecule has 0 saturated heterocycles. The number of benzene rings is 2. The summed E-state index contributed by atoms with van der Waals surface area (Å²) in [6.45, 7) is -0.0687. The van der Waals surface area contributed by atoms with Crippen LogP contribution in [0.2, 0.25) is 0 Å². The first-order valence-corrected chi connectivity index (χ1v) is 8.96. The number of hydrogen-bond acceptors (Lipinski definition) is 3. The second-order valence-electron chi connectivity index (χ2n) is 5.15. The van der Waals surface area contributed by atoms with Gasteiger partial charge in [0, 0.05) is 12.6 Å². The fourth-order valence-electron chi connectivity index (χ4n) is 2.28. The van der Waals surface area contributed by atoms with E-state index in [4.69, 9.17) is 5.11 Å². The van der Waals surface area contributed by atoms with Crippen LogP contribution in [0.25, 0.3) is 0 Å². The molecule has 5 heteroatoms. The maximum Gasteiger partial charge on any atom is 0.212 e. The molecule has 4 nitrogen and oxygen atoms in total. The minimum atomic E-state index is -3.41. The fraction of sp³-hybridized carbons (Fsp3) is 0.294. The Kier molecular flexibility index (Phi) is 6.12. The lowest BCUT2D eigenvalue weighted by molar-refractivity contribution is 0.272. The average Bonchev–Trinajstić information content (AvgIpc) is 2.54. The van der Waals surface area contributed by atoms with Crippen LogP contribution in [-0.4, -0.2) is 25.9 Å². The maximum atomic E-state index is 12.3. The molecule has 0 spiro atoms. The second kappa shape index (κ2) is 8.08. The zero-order valence-electron chi connectivity index (χ0n) is 12.4. The molecule has 0 amide bonds. The van der Waals surface area contributed by atoms with Crippen molar-refractivity contribution in [2.24, 2.45) is 0 Å². The number of aryl methyl sites for hydroxylation is 1. The topological polar surface area (TPSA) is 66.4 Å². The minimum absolute atomic E-state index is 0.0335. The molecular formula is C17H21NO3S. The molecule has 0 aromatic heterocycles. The monoisotopic (exact) mass is 319 g/mol. The molecule has 1 atom stereocenters. The number of sulfonamides is 1. The highest BCUT2D eigenvalue weighted by molar-refractivity contribution is 7.89. The molecule has 0 heterocycles. The quantitative estimate of drug-likeness (QED) is 0.784. The van der Waals surface area contributed by atoms with E-state index in [-0.39, 0.29) is 12.4 Å². The van der Waals surface area contributed by atoms with E-state index in [1.807, 2.05) is 60.7 Å². The van der Waals surface area contributed by atoms with Gasteiger partial charge in [-0.25, -0.2) is 13.1 Å². The summed E-state index contributed by atoms with van der Waals surface area (Å²) in [6, 6.07) is 18.5. The van der Waals surface area contributed by atoms with Crippen molar-refractivity contribution in [3.05, 3.63) is 71.8 Å². The predicted molar refractivity (Wildman–Crippen MR) is 88.0 cm³/mol. The molecule has 2 rings (SSSR count). The van der Waals surface area contributed by atoms with Crippen molar-refractivity contribution in [2.75, 3.05) is 12.4 Å². The molecule has 22 heavy (non-hydrogen) atoms. The van der Waals surface area contributed by atoms with Gasteiger partial charge >= 0.3 is 0 Å². The highest BCUT2D eigenvalue weighted by atomic mass is 32.2. The molecule has 118 valence electrons. The van der Waals surface area contributed by atoms with Crippen molar-refractivity contribution < 1.29 is 13.5 Å². The van der Waals surface area contributed by atoms with E-state index < -0.39 is 16.1 Å². The van der Waals surface area contributed by atoms with E-state index in [0.29, 0.717) is 12.8 Å². The summed E-state index contributed by atoms with van der Waals surface area (Å²) in [5.74, 6) is 0.0335. The summed E-state index contributed by atoms with van der Waals surface area (Å²) in [7, 11) is -3.41. The van der Waals surface area contributed by atoms with Crippen LogP contribution < -0.4 is 4.72 Å². The van der Waals surface area contributed by atoms with Gasteiger partial charge in [-0.15, -0.1) is 0 Å². The lowest BCUT2D eigenvalue weighted by Crippen LogP contribution is -2.32. The Balaban J connectivity index is 2.02. The smallest absolute Gasteiger partial charge is 0.212 e. The first-order valence-electron chi connectivity index (χ1n) is 7.30. The second-order valence-corrected chi connectivity index (χ2v) is 7.02. The SMILES string of the molecule is O=S(=O)(CCc1ccccc1)N[C@H](CCO)c1ccccc1. The largest absolute Gasteiger partial charge is 0.396 e. The Hall–Kier alpha value is -1.69. The third-order valence-electron chi connectivity index (χ3n) is 3.44. The molecule has 0 aliphatic carbocycles. The lowest BCUT2D eigenvalue weighted by Gasteiger charge is -2.18. The van der Waals surface area contributed by atoms with Gasteiger partial charge in [0.25, 0.3) is 0 Å². The van der Waals surface area contributed by atoms with Gasteiger partial charge in [-0.05, 0) is 24.0 Å². The van der Waals surface area contributed by atoms with Crippen molar-refractivity contribution in [1.82, 2.24) is 4.72 Å². The first-order chi connectivity index (χ1) is 10.6. The molecule has 0 bridgehead atoms. The normalized spacial score (nSPS) is 13.0. The van der Waals surface area contributed by atoms with E-state index in [0.717, 1.165) is 11.1 Å². The molecule has 2 N–H and O–H groups in total. The Morgan fingerprint density at radius 1 is 0.955 bits per heavy atom. The van der Waals surface area contributed by atoms with Gasteiger partial charge in [0.2, 0.25) is 10.0 Å². The van der Waals surface area contributed by atoms with E-state index in [9.17, 15) is 8.42 Å². The van der Waals surface area contributed by atoms with Crippen LogP contribution in [-0.2, 0) is 16.4 Å². The van der Waals surface area contributed by atoms with Crippen molar-refractivity contribution in [3.8, 4) is 0 Å². The van der Waals surface area contributed by atoms with Gasteiger partial charge in [-0.1, -0.05) is 60.7 Å². The van der Waals surface area contributed by atoms with Gasteiger partial charge in [-0.2, -0.15) is 0 Å². The third kappa shape index (κ3) is 5.26. The van der Waals surface area contributed by atoms with E-state index in [1.54, 1.807) is 0 Å². The third-order valence-corrected chi connectivity index (χ3v) is 4.83. The first kappa shape index (κ1) is 16.7. The maximum absolute atomic E-state index is 12.3. The highest BCUT2D eigenvalue weighted by Gasteiger charge is 2.19. The molecule has 0 radical (unpaired) electrons. The van der Waals surface area contributed by atoms with Crippen molar-refractivity contribution >= 4 is 10.0 Å². The van der Waals surface area contributed by atoms with Gasteiger partial charge in [0.1, 0.15) is 0 Å². The minimum Gasteiger partial charge on any atom is -0.396 e. The summed E-state index contributed by atoms with van der Waals surface area (Å²) >= 11 is 0. The molecule has 0 saturated carbocycles. The average molecular weight is 319 g/mol. The molecule has 2 aromatic rings. The van der Waals surface area contributed by atoms with Crippen LogP contribution >= 0.6 is 0 Å². The van der Waals surface area contributed by atoms with Gasteiger partial charge in [0.15, 0.2) is 0 Å². The molecular weight excluding hydrogens is 298 g/mol. The van der Waals surface area contributed by atoms with Crippen molar-refractivity contribution in [1.29, 1.82) is 0 Å². The Morgan fingerprint density at radius 2 is 1.55 bits per heavy atom. The highest BCUT2D eigenvalue weighted by Crippen LogP contribution is 2.17. The van der Waals surface area contributed by atoms with E-state index >= 15 is 0 Å². The zero-order chi connectivity index (χ0) is 15.8. The molecule has 0 aliphatic rings. The molecule has 0 unspecified atom stereocenters. The van der Waals surface area contributed by atoms with Gasteiger partial charge < -0.3 is 5.11 Å². The van der Waals surface area contributed by atoms with Crippen LogP contribution in [0.15, 0.2) is 60.7 Å². The Morgan fingerprint density at radius 3 is 2.14 bits per heavy atom. The summed E-state index contributed by atoms with van der Waals surface area (Å²) in [5, 5.41) is 9.17. The molecule has 0 aliphatic heterocycles. The van der Waals surface area contributed by atoms with Crippen LogP contribution in [0, 0.1) is 0 Å². The zero-order valence-corrected chi connectivity index (χ0v) is 13.2. The molecule has 0 fully saturated rings. The molecule has 2 aromatic carbocycles. The summed E-state index contributed by atoms with van der Waals surface area (Å²) < 4.78 is 27.2.